The zero-order valence-corrected chi connectivity index (χ0v) is 21.7. The molecule has 1 aromatic carbocycles. The van der Waals surface area contributed by atoms with E-state index in [9.17, 15) is 26.7 Å². The fraction of sp³-hybridized carbons (Fsp3) is 0.423. The average molecular weight is 571 g/mol. The van der Waals surface area contributed by atoms with E-state index in [0.717, 1.165) is 35.1 Å². The molecule has 4 aromatic rings. The van der Waals surface area contributed by atoms with Crippen LogP contribution in [-0.4, -0.2) is 47.6 Å². The first-order valence-electron chi connectivity index (χ1n) is 12.3. The maximum Gasteiger partial charge on any atom is 0.418 e. The van der Waals surface area contributed by atoms with Crippen LogP contribution in [0.3, 0.4) is 0 Å². The highest BCUT2D eigenvalue weighted by Gasteiger charge is 2.52. The van der Waals surface area contributed by atoms with Gasteiger partial charge in [0.2, 0.25) is 5.67 Å². The summed E-state index contributed by atoms with van der Waals surface area (Å²) >= 11 is 0. The summed E-state index contributed by atoms with van der Waals surface area (Å²) in [5, 5.41) is 7.27. The van der Waals surface area contributed by atoms with Gasteiger partial charge in [-0.1, -0.05) is 12.1 Å². The van der Waals surface area contributed by atoms with E-state index >= 15 is 8.78 Å². The van der Waals surface area contributed by atoms with Crippen molar-refractivity contribution >= 4 is 5.52 Å². The highest BCUT2D eigenvalue weighted by Crippen LogP contribution is 2.46. The van der Waals surface area contributed by atoms with Gasteiger partial charge in [-0.3, -0.25) is 13.9 Å². The molecule has 0 radical (unpaired) electrons. The number of halogens is 7. The number of alkyl halides is 7. The molecule has 5 rings (SSSR count). The Kier molecular flexibility index (Phi) is 6.40. The number of aromatic nitrogens is 5. The molecule has 0 N–H and O–H groups in total. The average Bonchev–Trinajstić information content (AvgIpc) is 3.55. The molecule has 0 saturated carbocycles. The molecule has 1 unspecified atom stereocenters. The van der Waals surface area contributed by atoms with Crippen LogP contribution in [0.1, 0.15) is 42.8 Å². The molecular formula is C26H25F7N6O. The molecule has 0 amide bonds. The van der Waals surface area contributed by atoms with Gasteiger partial charge in [0.25, 0.3) is 5.92 Å². The van der Waals surface area contributed by atoms with E-state index in [1.165, 1.54) is 53.3 Å². The molecule has 2 atom stereocenters. The molecule has 0 bridgehead atoms. The molecule has 1 aliphatic heterocycles. The van der Waals surface area contributed by atoms with Crippen molar-refractivity contribution in [2.24, 2.45) is 7.05 Å². The SMILES string of the molecule is Cn1cnnc1C(C)(F)[C@@](C)(F)c1cccc(-n2cc3c(C(F)(F)F)cc(CN4CCC(F)(F)C4)cn3c2=O)c1. The van der Waals surface area contributed by atoms with Gasteiger partial charge in [0.1, 0.15) is 6.33 Å². The molecule has 3 aromatic heterocycles. The highest BCUT2D eigenvalue weighted by molar-refractivity contribution is 5.58. The number of imidazole rings is 1. The van der Waals surface area contributed by atoms with Crippen LogP contribution in [0.5, 0.6) is 0 Å². The van der Waals surface area contributed by atoms with Crippen LogP contribution >= 0.6 is 0 Å². The predicted molar refractivity (Wildman–Crippen MR) is 131 cm³/mol. The number of hydrogen-bond donors (Lipinski definition) is 0. The first-order valence-corrected chi connectivity index (χ1v) is 12.3. The third kappa shape index (κ3) is 4.67. The minimum atomic E-state index is -4.86. The molecule has 1 saturated heterocycles. The van der Waals surface area contributed by atoms with Gasteiger partial charge in [0, 0.05) is 39.0 Å². The molecule has 1 aliphatic rings. The number of nitrogens with zero attached hydrogens (tertiary/aromatic N) is 6. The number of fused-ring (bicyclic) bond motifs is 1. The molecular weight excluding hydrogens is 545 g/mol. The van der Waals surface area contributed by atoms with Gasteiger partial charge in [-0.2, -0.15) is 13.2 Å². The van der Waals surface area contributed by atoms with E-state index in [2.05, 4.69) is 10.2 Å². The lowest BCUT2D eigenvalue weighted by Gasteiger charge is -2.33. The van der Waals surface area contributed by atoms with Crippen LogP contribution in [0.15, 0.2) is 53.8 Å². The minimum Gasteiger partial charge on any atom is -0.318 e. The lowest BCUT2D eigenvalue weighted by atomic mass is 9.82. The minimum absolute atomic E-state index is 0.00107. The predicted octanol–water partition coefficient (Wildman–Crippen LogP) is 5.15. The van der Waals surface area contributed by atoms with Crippen molar-refractivity contribution in [3.05, 3.63) is 82.1 Å². The van der Waals surface area contributed by atoms with Gasteiger partial charge in [-0.25, -0.2) is 22.4 Å². The van der Waals surface area contributed by atoms with E-state index < -0.39 is 53.2 Å². The summed E-state index contributed by atoms with van der Waals surface area (Å²) in [4.78, 5) is 14.6. The van der Waals surface area contributed by atoms with Gasteiger partial charge in [-0.05, 0) is 43.2 Å². The second-order valence-corrected chi connectivity index (χ2v) is 10.4. The first-order chi connectivity index (χ1) is 18.5. The number of aryl methyl sites for hydroxylation is 1. The van der Waals surface area contributed by atoms with Crippen molar-refractivity contribution in [2.45, 2.75) is 50.2 Å². The molecule has 1 fully saturated rings. The third-order valence-electron chi connectivity index (χ3n) is 7.46. The Labute approximate surface area is 223 Å². The molecule has 214 valence electrons. The van der Waals surface area contributed by atoms with Gasteiger partial charge in [-0.15, -0.1) is 10.2 Å². The van der Waals surface area contributed by atoms with E-state index in [4.69, 9.17) is 0 Å². The van der Waals surface area contributed by atoms with Crippen LogP contribution in [0.25, 0.3) is 11.2 Å². The number of benzene rings is 1. The number of pyridine rings is 1. The summed E-state index contributed by atoms with van der Waals surface area (Å²) in [6, 6.07) is 6.03. The fourth-order valence-electron chi connectivity index (χ4n) is 5.08. The third-order valence-corrected chi connectivity index (χ3v) is 7.46. The van der Waals surface area contributed by atoms with Crippen molar-refractivity contribution in [3.63, 3.8) is 0 Å². The Hall–Kier alpha value is -3.68. The van der Waals surface area contributed by atoms with Crippen LogP contribution in [0.4, 0.5) is 30.7 Å². The second-order valence-electron chi connectivity index (χ2n) is 10.4. The van der Waals surface area contributed by atoms with Gasteiger partial charge < -0.3 is 4.57 Å². The Balaban J connectivity index is 1.59. The summed E-state index contributed by atoms with van der Waals surface area (Å²) < 4.78 is 104. The van der Waals surface area contributed by atoms with Crippen LogP contribution in [0.2, 0.25) is 0 Å². The quantitative estimate of drug-likeness (QED) is 0.301. The van der Waals surface area contributed by atoms with E-state index in [-0.39, 0.29) is 35.7 Å². The molecule has 14 heteroatoms. The number of likely N-dealkylation sites (tertiary alicyclic amines) is 1. The zero-order valence-electron chi connectivity index (χ0n) is 21.7. The standard InChI is InChI=1S/C26H25F7N6O/c1-23(27,24(2,28)21-35-34-15-36(21)3)17-5-4-6-18(10-17)38-13-20-19(26(31,32)33)9-16(12-39(20)22(38)40)11-37-8-7-25(29,30)14-37/h4-6,9-10,12-13,15H,7-8,11,14H2,1-3H3/t23-,24?/m0/s1. The normalized spacial score (nSPS) is 19.1. The smallest absolute Gasteiger partial charge is 0.318 e. The molecule has 40 heavy (non-hydrogen) atoms. The monoisotopic (exact) mass is 570 g/mol. The number of rotatable bonds is 6. The van der Waals surface area contributed by atoms with Gasteiger partial charge >= 0.3 is 11.9 Å². The van der Waals surface area contributed by atoms with Gasteiger partial charge in [0.15, 0.2) is 11.5 Å². The van der Waals surface area contributed by atoms with Crippen LogP contribution in [-0.2, 0) is 31.1 Å². The Morgan fingerprint density at radius 2 is 1.75 bits per heavy atom. The molecule has 4 heterocycles. The van der Waals surface area contributed by atoms with Crippen molar-refractivity contribution < 1.29 is 30.7 Å². The summed E-state index contributed by atoms with van der Waals surface area (Å²) in [6.45, 7) is 1.18. The summed E-state index contributed by atoms with van der Waals surface area (Å²) in [5.41, 5.74) is -8.02. The molecule has 0 spiro atoms. The lowest BCUT2D eigenvalue weighted by Crippen LogP contribution is -2.40. The second kappa shape index (κ2) is 9.18. The molecule has 0 aliphatic carbocycles. The first kappa shape index (κ1) is 27.9. The highest BCUT2D eigenvalue weighted by atomic mass is 19.4. The van der Waals surface area contributed by atoms with Gasteiger partial charge in [0.05, 0.1) is 23.3 Å². The van der Waals surface area contributed by atoms with Crippen molar-refractivity contribution in [1.29, 1.82) is 0 Å². The maximum atomic E-state index is 16.1. The topological polar surface area (TPSA) is 60.4 Å². The summed E-state index contributed by atoms with van der Waals surface area (Å²) in [7, 11) is 1.45. The van der Waals surface area contributed by atoms with E-state index in [1.54, 1.807) is 0 Å². The zero-order chi connectivity index (χ0) is 29.3. The summed E-state index contributed by atoms with van der Waals surface area (Å²) in [5.74, 6) is -3.22. The Morgan fingerprint density at radius 1 is 1.02 bits per heavy atom. The lowest BCUT2D eigenvalue weighted by molar-refractivity contribution is -0.136. The molecule has 7 nitrogen and oxygen atoms in total. The van der Waals surface area contributed by atoms with Crippen molar-refractivity contribution in [1.82, 2.24) is 28.6 Å². The van der Waals surface area contributed by atoms with Crippen LogP contribution < -0.4 is 5.69 Å². The Bertz CT molecular complexity index is 1630. The fourth-order valence-corrected chi connectivity index (χ4v) is 5.08. The Morgan fingerprint density at radius 3 is 2.35 bits per heavy atom. The maximum absolute atomic E-state index is 16.1. The van der Waals surface area contributed by atoms with Crippen molar-refractivity contribution in [3.8, 4) is 5.69 Å². The van der Waals surface area contributed by atoms with E-state index in [0.29, 0.717) is 0 Å². The number of hydrogen-bond acceptors (Lipinski definition) is 4. The van der Waals surface area contributed by atoms with Crippen LogP contribution in [0, 0.1) is 0 Å². The van der Waals surface area contributed by atoms with Crippen molar-refractivity contribution in [2.75, 3.05) is 13.1 Å². The largest absolute Gasteiger partial charge is 0.418 e. The van der Waals surface area contributed by atoms with E-state index in [1.807, 2.05) is 0 Å². The summed E-state index contributed by atoms with van der Waals surface area (Å²) in [6.07, 6.45) is -1.91.